The summed E-state index contributed by atoms with van der Waals surface area (Å²) in [6.45, 7) is 8.97. The molecule has 9 heteroatoms. The number of amides is 2. The van der Waals surface area contributed by atoms with Gasteiger partial charge >= 0.3 is 6.09 Å². The van der Waals surface area contributed by atoms with Crippen molar-refractivity contribution in [3.8, 4) is 11.3 Å². The van der Waals surface area contributed by atoms with Crippen molar-refractivity contribution in [1.29, 1.82) is 0 Å². The van der Waals surface area contributed by atoms with E-state index in [4.69, 9.17) is 5.11 Å². The number of benzene rings is 2. The third-order valence-corrected chi connectivity index (χ3v) is 6.28. The molecule has 0 aliphatic carbocycles. The fourth-order valence-electron chi connectivity index (χ4n) is 4.26. The van der Waals surface area contributed by atoms with Crippen molar-refractivity contribution in [2.24, 2.45) is 0 Å². The van der Waals surface area contributed by atoms with Gasteiger partial charge in [-0.3, -0.25) is 24.9 Å². The SMILES string of the molecule is CC(C)N1CCN(Cc2cnc(-c3ccc(C(=O)Nc4ccccc4NC(=O)O)cc3)c(F)c2)CC1. The molecule has 1 aliphatic rings. The second-order valence-electron chi connectivity index (χ2n) is 9.09. The molecule has 2 aromatic carbocycles. The topological polar surface area (TPSA) is 97.8 Å². The molecule has 1 aliphatic heterocycles. The van der Waals surface area contributed by atoms with Gasteiger partial charge in [-0.2, -0.15) is 0 Å². The van der Waals surface area contributed by atoms with E-state index in [1.54, 1.807) is 54.7 Å². The van der Waals surface area contributed by atoms with Crippen molar-refractivity contribution in [3.05, 3.63) is 77.7 Å². The van der Waals surface area contributed by atoms with Crippen LogP contribution in [0.5, 0.6) is 0 Å². The van der Waals surface area contributed by atoms with Crippen LogP contribution in [0, 0.1) is 5.82 Å². The number of rotatable bonds is 7. The molecule has 0 unspecified atom stereocenters. The van der Waals surface area contributed by atoms with Crippen LogP contribution < -0.4 is 10.6 Å². The van der Waals surface area contributed by atoms with E-state index in [0.29, 0.717) is 29.4 Å². The summed E-state index contributed by atoms with van der Waals surface area (Å²) in [5.41, 5.74) is 2.58. The highest BCUT2D eigenvalue weighted by molar-refractivity contribution is 6.07. The lowest BCUT2D eigenvalue weighted by molar-refractivity contribution is 0.102. The lowest BCUT2D eigenvalue weighted by Gasteiger charge is -2.36. The Morgan fingerprint density at radius 3 is 2.22 bits per heavy atom. The molecule has 2 heterocycles. The third-order valence-electron chi connectivity index (χ3n) is 6.28. The summed E-state index contributed by atoms with van der Waals surface area (Å²) in [5.74, 6) is -0.818. The predicted octanol–water partition coefficient (Wildman–Crippen LogP) is 4.76. The Bertz CT molecular complexity index is 1220. The minimum atomic E-state index is -1.23. The highest BCUT2D eigenvalue weighted by atomic mass is 19.1. The summed E-state index contributed by atoms with van der Waals surface area (Å²) >= 11 is 0. The van der Waals surface area contributed by atoms with Crippen LogP contribution in [-0.2, 0) is 6.54 Å². The maximum atomic E-state index is 14.9. The van der Waals surface area contributed by atoms with Crippen molar-refractivity contribution in [1.82, 2.24) is 14.8 Å². The maximum Gasteiger partial charge on any atom is 0.409 e. The van der Waals surface area contributed by atoms with Gasteiger partial charge in [-0.05, 0) is 49.7 Å². The number of carbonyl (C=O) groups is 2. The van der Waals surface area contributed by atoms with E-state index in [2.05, 4.69) is 39.3 Å². The summed E-state index contributed by atoms with van der Waals surface area (Å²) in [6.07, 6.45) is 0.482. The average molecular weight is 492 g/mol. The van der Waals surface area contributed by atoms with Gasteiger partial charge in [0.25, 0.3) is 5.91 Å². The van der Waals surface area contributed by atoms with Gasteiger partial charge in [-0.1, -0.05) is 24.3 Å². The molecule has 2 amide bonds. The molecule has 0 atom stereocenters. The zero-order valence-corrected chi connectivity index (χ0v) is 20.4. The number of nitrogens with zero attached hydrogens (tertiary/aromatic N) is 3. The van der Waals surface area contributed by atoms with Crippen molar-refractivity contribution in [2.45, 2.75) is 26.4 Å². The molecule has 0 saturated carbocycles. The molecule has 1 saturated heterocycles. The predicted molar refractivity (Wildman–Crippen MR) is 138 cm³/mol. The summed E-state index contributed by atoms with van der Waals surface area (Å²) in [7, 11) is 0. The molecule has 8 nitrogen and oxygen atoms in total. The second-order valence-corrected chi connectivity index (χ2v) is 9.09. The zero-order valence-electron chi connectivity index (χ0n) is 20.4. The molecule has 36 heavy (non-hydrogen) atoms. The molecule has 188 valence electrons. The van der Waals surface area contributed by atoms with Crippen molar-refractivity contribution in [3.63, 3.8) is 0 Å². The minimum Gasteiger partial charge on any atom is -0.465 e. The number of pyridine rings is 1. The molecule has 1 fully saturated rings. The molecular formula is C27H30FN5O3. The van der Waals surface area contributed by atoms with E-state index in [0.717, 1.165) is 31.7 Å². The standard InChI is InChI=1S/C27H30FN5O3/c1-18(2)33-13-11-32(12-14-33)17-19-15-22(28)25(29-16-19)20-7-9-21(10-8-20)26(34)30-23-5-3-4-6-24(23)31-27(35)36/h3-10,15-16,18,31H,11-14,17H2,1-2H3,(H,30,34)(H,35,36). The molecular weight excluding hydrogens is 461 g/mol. The lowest BCUT2D eigenvalue weighted by Crippen LogP contribution is -2.48. The number of carbonyl (C=O) groups excluding carboxylic acids is 1. The molecule has 4 rings (SSSR count). The van der Waals surface area contributed by atoms with E-state index < -0.39 is 17.8 Å². The van der Waals surface area contributed by atoms with E-state index in [9.17, 15) is 14.0 Å². The summed E-state index contributed by atoms with van der Waals surface area (Å²) in [5, 5.41) is 13.9. The first-order valence-electron chi connectivity index (χ1n) is 11.9. The van der Waals surface area contributed by atoms with E-state index in [-0.39, 0.29) is 11.4 Å². The van der Waals surface area contributed by atoms with E-state index >= 15 is 0 Å². The molecule has 3 aromatic rings. The van der Waals surface area contributed by atoms with E-state index in [1.165, 1.54) is 6.07 Å². The quantitative estimate of drug-likeness (QED) is 0.441. The Hall–Kier alpha value is -3.82. The van der Waals surface area contributed by atoms with Gasteiger partial charge in [0.15, 0.2) is 0 Å². The van der Waals surface area contributed by atoms with Gasteiger partial charge in [-0.25, -0.2) is 9.18 Å². The van der Waals surface area contributed by atoms with Crippen molar-refractivity contribution in [2.75, 3.05) is 36.8 Å². The normalized spacial score (nSPS) is 14.6. The number of halogens is 1. The fourth-order valence-corrected chi connectivity index (χ4v) is 4.26. The monoisotopic (exact) mass is 491 g/mol. The molecule has 1 aromatic heterocycles. The summed E-state index contributed by atoms with van der Waals surface area (Å²) in [4.78, 5) is 32.8. The van der Waals surface area contributed by atoms with Gasteiger partial charge in [0, 0.05) is 56.1 Å². The van der Waals surface area contributed by atoms with Gasteiger partial charge < -0.3 is 10.4 Å². The zero-order chi connectivity index (χ0) is 25.7. The Morgan fingerprint density at radius 1 is 1.00 bits per heavy atom. The van der Waals surface area contributed by atoms with Crippen LogP contribution in [0.15, 0.2) is 60.8 Å². The largest absolute Gasteiger partial charge is 0.465 e. The number of hydrogen-bond acceptors (Lipinski definition) is 5. The average Bonchev–Trinajstić information content (AvgIpc) is 2.85. The number of carboxylic acid groups (broad SMARTS) is 1. The van der Waals surface area contributed by atoms with Crippen molar-refractivity contribution >= 4 is 23.4 Å². The van der Waals surface area contributed by atoms with Crippen LogP contribution in [0.2, 0.25) is 0 Å². The second kappa shape index (κ2) is 11.3. The van der Waals surface area contributed by atoms with Crippen molar-refractivity contribution < 1.29 is 19.1 Å². The van der Waals surface area contributed by atoms with Crippen LogP contribution in [0.3, 0.4) is 0 Å². The van der Waals surface area contributed by atoms with Crippen LogP contribution in [0.25, 0.3) is 11.3 Å². The van der Waals surface area contributed by atoms with Crippen LogP contribution in [0.1, 0.15) is 29.8 Å². The number of nitrogens with one attached hydrogen (secondary N) is 2. The number of aromatic nitrogens is 1. The summed E-state index contributed by atoms with van der Waals surface area (Å²) < 4.78 is 14.9. The Morgan fingerprint density at radius 2 is 1.64 bits per heavy atom. The first-order valence-corrected chi connectivity index (χ1v) is 11.9. The first kappa shape index (κ1) is 25.3. The van der Waals surface area contributed by atoms with Crippen LogP contribution >= 0.6 is 0 Å². The lowest BCUT2D eigenvalue weighted by atomic mass is 10.1. The number of hydrogen-bond donors (Lipinski definition) is 3. The summed E-state index contributed by atoms with van der Waals surface area (Å²) in [6, 6.07) is 15.0. The van der Waals surface area contributed by atoms with Gasteiger partial charge in [-0.15, -0.1) is 0 Å². The highest BCUT2D eigenvalue weighted by Crippen LogP contribution is 2.24. The Balaban J connectivity index is 1.40. The highest BCUT2D eigenvalue weighted by Gasteiger charge is 2.19. The first-order chi connectivity index (χ1) is 17.3. The Labute approximate surface area is 209 Å². The maximum absolute atomic E-state index is 14.9. The smallest absolute Gasteiger partial charge is 0.409 e. The van der Waals surface area contributed by atoms with Gasteiger partial charge in [0.1, 0.15) is 11.5 Å². The van der Waals surface area contributed by atoms with Gasteiger partial charge in [0.05, 0.1) is 11.4 Å². The number of anilines is 2. The van der Waals surface area contributed by atoms with Crippen LogP contribution in [-0.4, -0.2) is 64.1 Å². The molecule has 0 spiro atoms. The number of para-hydroxylation sites is 2. The van der Waals surface area contributed by atoms with Crippen LogP contribution in [0.4, 0.5) is 20.6 Å². The van der Waals surface area contributed by atoms with E-state index in [1.807, 2.05) is 0 Å². The molecule has 3 N–H and O–H groups in total. The fraction of sp³-hybridized carbons (Fsp3) is 0.296. The molecule has 0 radical (unpaired) electrons. The molecule has 0 bridgehead atoms. The Kier molecular flexibility index (Phi) is 7.92. The van der Waals surface area contributed by atoms with Gasteiger partial charge in [0.2, 0.25) is 0 Å². The number of piperazine rings is 1. The third kappa shape index (κ3) is 6.24. The minimum absolute atomic E-state index is 0.228.